The van der Waals surface area contributed by atoms with Crippen molar-refractivity contribution in [1.82, 2.24) is 14.7 Å². The molecule has 2 aromatic carbocycles. The third-order valence-electron chi connectivity index (χ3n) is 6.07. The van der Waals surface area contributed by atoms with Crippen LogP contribution in [0.4, 0.5) is 0 Å². The highest BCUT2D eigenvalue weighted by atomic mass is 35.5. The van der Waals surface area contributed by atoms with Crippen LogP contribution in [0.1, 0.15) is 64.7 Å². The molecule has 198 valence electrons. The molecule has 1 amide bonds. The van der Waals surface area contributed by atoms with Gasteiger partial charge in [0.05, 0.1) is 17.9 Å². The number of H-pyrrole nitrogens is 1. The Hall–Kier alpha value is -3.12. The van der Waals surface area contributed by atoms with Crippen LogP contribution >= 0.6 is 11.6 Å². The zero-order chi connectivity index (χ0) is 27.3. The lowest BCUT2D eigenvalue weighted by molar-refractivity contribution is -0.132. The van der Waals surface area contributed by atoms with Crippen molar-refractivity contribution in [2.24, 2.45) is 17.3 Å². The van der Waals surface area contributed by atoms with Gasteiger partial charge in [-0.25, -0.2) is 4.68 Å². The number of nitrogens with one attached hydrogen (secondary N) is 1. The summed E-state index contributed by atoms with van der Waals surface area (Å²) in [5.74, 6) is -0.0781. The fourth-order valence-electron chi connectivity index (χ4n) is 4.77. The maximum atomic E-state index is 13.7. The van der Waals surface area contributed by atoms with Gasteiger partial charge in [0.25, 0.3) is 5.56 Å². The van der Waals surface area contributed by atoms with Crippen LogP contribution in [0.5, 0.6) is 0 Å². The fourth-order valence-corrected chi connectivity index (χ4v) is 4.90. The van der Waals surface area contributed by atoms with E-state index in [1.54, 1.807) is 29.2 Å². The summed E-state index contributed by atoms with van der Waals surface area (Å²) in [6.07, 6.45) is 1.27. The fraction of sp³-hybridized carbons (Fsp3) is 0.433. The Bertz CT molecular complexity index is 1270. The van der Waals surface area contributed by atoms with E-state index >= 15 is 0 Å². The number of aromatic amines is 1. The molecule has 0 saturated heterocycles. The number of halogens is 1. The van der Waals surface area contributed by atoms with Crippen molar-refractivity contribution < 1.29 is 9.59 Å². The van der Waals surface area contributed by atoms with Crippen LogP contribution in [0.2, 0.25) is 5.02 Å². The molecule has 6 nitrogen and oxygen atoms in total. The van der Waals surface area contributed by atoms with Crippen LogP contribution in [-0.2, 0) is 4.79 Å². The predicted molar refractivity (Wildman–Crippen MR) is 150 cm³/mol. The molecule has 0 aliphatic carbocycles. The molecule has 1 unspecified atom stereocenters. The average molecular weight is 524 g/mol. The lowest BCUT2D eigenvalue weighted by Crippen LogP contribution is -2.40. The molecule has 1 aromatic heterocycles. The maximum Gasteiger partial charge on any atom is 0.282 e. The summed E-state index contributed by atoms with van der Waals surface area (Å²) in [7, 11) is 0. The van der Waals surface area contributed by atoms with Crippen molar-refractivity contribution in [3.8, 4) is 16.9 Å². The summed E-state index contributed by atoms with van der Waals surface area (Å²) >= 11 is 6.03. The van der Waals surface area contributed by atoms with Crippen LogP contribution in [0.3, 0.4) is 0 Å². The SMILES string of the molecule is CC(C)CN(CC(=O)c1c(-c2ccccc2)[nH]n(-c2ccc(Cl)cc2)c1=O)C(=O)CC(C)CC(C)(C)C. The van der Waals surface area contributed by atoms with Crippen LogP contribution in [0, 0.1) is 17.3 Å². The smallest absolute Gasteiger partial charge is 0.282 e. The summed E-state index contributed by atoms with van der Waals surface area (Å²) < 4.78 is 1.35. The number of aromatic nitrogens is 2. The molecule has 7 heteroatoms. The molecule has 1 heterocycles. The molecule has 1 atom stereocenters. The van der Waals surface area contributed by atoms with Gasteiger partial charge >= 0.3 is 0 Å². The number of benzene rings is 2. The molecule has 0 aliphatic heterocycles. The molecular weight excluding hydrogens is 486 g/mol. The number of carbonyl (C=O) groups is 2. The number of nitrogens with zero attached hydrogens (tertiary/aromatic N) is 2. The van der Waals surface area contributed by atoms with Crippen LogP contribution in [0.15, 0.2) is 59.4 Å². The minimum atomic E-state index is -0.454. The highest BCUT2D eigenvalue weighted by Crippen LogP contribution is 2.27. The largest absolute Gasteiger partial charge is 0.335 e. The van der Waals surface area contributed by atoms with E-state index in [1.807, 2.05) is 44.2 Å². The number of hydrogen-bond donors (Lipinski definition) is 1. The Balaban J connectivity index is 1.97. The van der Waals surface area contributed by atoms with Gasteiger partial charge in [0.15, 0.2) is 5.78 Å². The van der Waals surface area contributed by atoms with E-state index in [9.17, 15) is 14.4 Å². The molecule has 0 saturated carbocycles. The second-order valence-electron chi connectivity index (χ2n) is 11.5. The molecular formula is C30H38ClN3O3. The second-order valence-corrected chi connectivity index (χ2v) is 11.9. The van der Waals surface area contributed by atoms with E-state index in [-0.39, 0.29) is 41.0 Å². The summed E-state index contributed by atoms with van der Waals surface area (Å²) in [6, 6.07) is 16.1. The molecule has 0 bridgehead atoms. The van der Waals surface area contributed by atoms with Gasteiger partial charge in [0, 0.05) is 23.6 Å². The Labute approximate surface area is 224 Å². The first-order valence-corrected chi connectivity index (χ1v) is 13.2. The lowest BCUT2D eigenvalue weighted by atomic mass is 9.84. The summed E-state index contributed by atoms with van der Waals surface area (Å²) in [6.45, 7) is 12.9. The summed E-state index contributed by atoms with van der Waals surface area (Å²) in [5.41, 5.74) is 1.42. The van der Waals surface area contributed by atoms with E-state index in [1.165, 1.54) is 4.68 Å². The Morgan fingerprint density at radius 3 is 2.19 bits per heavy atom. The van der Waals surface area contributed by atoms with Crippen molar-refractivity contribution >= 4 is 23.3 Å². The zero-order valence-corrected chi connectivity index (χ0v) is 23.4. The number of ketones is 1. The van der Waals surface area contributed by atoms with Crippen molar-refractivity contribution in [1.29, 1.82) is 0 Å². The van der Waals surface area contributed by atoms with E-state index in [2.05, 4.69) is 32.8 Å². The lowest BCUT2D eigenvalue weighted by Gasteiger charge is -2.27. The van der Waals surface area contributed by atoms with Crippen LogP contribution in [-0.4, -0.2) is 39.5 Å². The minimum Gasteiger partial charge on any atom is -0.335 e. The number of carbonyl (C=O) groups excluding carboxylic acids is 2. The number of rotatable bonds is 10. The van der Waals surface area contributed by atoms with Crippen molar-refractivity contribution in [3.63, 3.8) is 0 Å². The summed E-state index contributed by atoms with van der Waals surface area (Å²) in [4.78, 5) is 42.2. The standard InChI is InChI=1S/C30H38ClN3O3/c1-20(2)18-33(26(36)16-21(3)17-30(4,5)6)19-25(35)27-28(22-10-8-7-9-11-22)32-34(29(27)37)24-14-12-23(31)13-15-24/h7-15,20-21,32H,16-19H2,1-6H3. The normalized spacial score (nSPS) is 12.5. The molecule has 0 spiro atoms. The van der Waals surface area contributed by atoms with E-state index in [0.717, 1.165) is 12.0 Å². The number of hydrogen-bond acceptors (Lipinski definition) is 3. The Morgan fingerprint density at radius 2 is 1.62 bits per heavy atom. The topological polar surface area (TPSA) is 75.2 Å². The molecule has 0 fully saturated rings. The van der Waals surface area contributed by atoms with Gasteiger partial charge in [-0.2, -0.15) is 0 Å². The predicted octanol–water partition coefficient (Wildman–Crippen LogP) is 6.62. The number of amides is 1. The first kappa shape index (κ1) is 28.5. The molecule has 3 aromatic rings. The molecule has 3 rings (SSSR count). The van der Waals surface area contributed by atoms with Crippen molar-refractivity contribution in [3.05, 3.63) is 75.5 Å². The average Bonchev–Trinajstić information content (AvgIpc) is 3.15. The minimum absolute atomic E-state index is 0.0467. The van der Waals surface area contributed by atoms with Crippen molar-refractivity contribution in [2.45, 2.75) is 54.4 Å². The van der Waals surface area contributed by atoms with Gasteiger partial charge in [-0.3, -0.25) is 19.5 Å². The first-order valence-electron chi connectivity index (χ1n) is 12.8. The van der Waals surface area contributed by atoms with Crippen LogP contribution < -0.4 is 5.56 Å². The van der Waals surface area contributed by atoms with Gasteiger partial charge in [0.2, 0.25) is 5.91 Å². The third kappa shape index (κ3) is 7.68. The van der Waals surface area contributed by atoms with Crippen molar-refractivity contribution in [2.75, 3.05) is 13.1 Å². The van der Waals surface area contributed by atoms with Gasteiger partial charge in [-0.05, 0) is 47.9 Å². The van der Waals surface area contributed by atoms with Gasteiger partial charge in [-0.1, -0.05) is 83.5 Å². The Morgan fingerprint density at radius 1 is 1.00 bits per heavy atom. The quantitative estimate of drug-likeness (QED) is 0.303. The van der Waals surface area contributed by atoms with Gasteiger partial charge < -0.3 is 4.90 Å². The zero-order valence-electron chi connectivity index (χ0n) is 22.7. The van der Waals surface area contributed by atoms with E-state index in [0.29, 0.717) is 29.4 Å². The monoisotopic (exact) mass is 523 g/mol. The van der Waals surface area contributed by atoms with E-state index in [4.69, 9.17) is 11.6 Å². The highest BCUT2D eigenvalue weighted by molar-refractivity contribution is 6.30. The maximum absolute atomic E-state index is 13.7. The molecule has 0 radical (unpaired) electrons. The van der Waals surface area contributed by atoms with E-state index < -0.39 is 5.56 Å². The van der Waals surface area contributed by atoms with Gasteiger partial charge in [-0.15, -0.1) is 0 Å². The molecule has 1 N–H and O–H groups in total. The molecule has 37 heavy (non-hydrogen) atoms. The number of Topliss-reactive ketones (excluding diaryl/α,β-unsaturated/α-hetero) is 1. The highest BCUT2D eigenvalue weighted by Gasteiger charge is 2.28. The second kappa shape index (κ2) is 12.0. The first-order chi connectivity index (χ1) is 17.4. The summed E-state index contributed by atoms with van der Waals surface area (Å²) in [5, 5.41) is 3.67. The van der Waals surface area contributed by atoms with Crippen LogP contribution in [0.25, 0.3) is 16.9 Å². The Kier molecular flexibility index (Phi) is 9.19. The third-order valence-corrected chi connectivity index (χ3v) is 6.33. The molecule has 0 aliphatic rings. The van der Waals surface area contributed by atoms with Gasteiger partial charge in [0.1, 0.15) is 5.56 Å².